The van der Waals surface area contributed by atoms with Gasteiger partial charge < -0.3 is 10.6 Å². The minimum atomic E-state index is -0.631. The van der Waals surface area contributed by atoms with Crippen LogP contribution in [0.25, 0.3) is 0 Å². The lowest BCUT2D eigenvalue weighted by atomic mass is 9.87. The van der Waals surface area contributed by atoms with Crippen LogP contribution in [0, 0.1) is 23.8 Å². The van der Waals surface area contributed by atoms with Gasteiger partial charge in [-0.15, -0.1) is 0 Å². The van der Waals surface area contributed by atoms with Crippen molar-refractivity contribution >= 4 is 11.8 Å². The van der Waals surface area contributed by atoms with Crippen molar-refractivity contribution in [3.8, 4) is 0 Å². The Morgan fingerprint density at radius 2 is 2.14 bits per heavy atom. The molecule has 4 heteroatoms. The first kappa shape index (κ1) is 13.6. The van der Waals surface area contributed by atoms with E-state index in [0.29, 0.717) is 18.4 Å². The zero-order valence-corrected chi connectivity index (χ0v) is 12.4. The van der Waals surface area contributed by atoms with Crippen molar-refractivity contribution in [2.45, 2.75) is 25.3 Å². The van der Waals surface area contributed by atoms with Crippen LogP contribution in [0.4, 0.5) is 0 Å². The first-order valence-electron chi connectivity index (χ1n) is 7.92. The molecule has 1 saturated carbocycles. The smallest absolute Gasteiger partial charge is 0.244 e. The zero-order valence-electron chi connectivity index (χ0n) is 12.4. The van der Waals surface area contributed by atoms with E-state index in [1.165, 1.54) is 0 Å². The average molecular weight is 295 g/mol. The highest BCUT2D eigenvalue weighted by Gasteiger charge is 2.44. The molecule has 1 aromatic rings. The summed E-state index contributed by atoms with van der Waals surface area (Å²) in [4.78, 5) is 26.7. The second-order valence-electron chi connectivity index (χ2n) is 6.60. The summed E-state index contributed by atoms with van der Waals surface area (Å²) in [6.45, 7) is 0.564. The Hall–Kier alpha value is -2.10. The number of nitrogens with zero attached hydrogens (tertiary/aromatic N) is 1. The van der Waals surface area contributed by atoms with Crippen molar-refractivity contribution in [3.63, 3.8) is 0 Å². The van der Waals surface area contributed by atoms with Crippen LogP contribution in [-0.4, -0.2) is 23.3 Å². The number of primary amides is 1. The highest BCUT2D eigenvalue weighted by Crippen LogP contribution is 2.45. The fraction of sp³-hybridized carbons (Fsp3) is 0.444. The van der Waals surface area contributed by atoms with E-state index in [-0.39, 0.29) is 11.8 Å². The van der Waals surface area contributed by atoms with Gasteiger partial charge in [0.05, 0.1) is 0 Å². The van der Waals surface area contributed by atoms with Crippen molar-refractivity contribution in [2.24, 2.45) is 23.5 Å². The molecule has 4 nitrogen and oxygen atoms in total. The summed E-state index contributed by atoms with van der Waals surface area (Å²) in [5.41, 5.74) is 7.57. The predicted octanol–water partition coefficient (Wildman–Crippen LogP) is 1.61. The van der Waals surface area contributed by atoms with Crippen LogP contribution in [-0.2, 0) is 16.0 Å². The summed E-state index contributed by atoms with van der Waals surface area (Å²) in [5.74, 6) is 0.557. The van der Waals surface area contributed by atoms with Crippen molar-refractivity contribution in [2.75, 3.05) is 6.54 Å². The van der Waals surface area contributed by atoms with E-state index in [2.05, 4.69) is 18.2 Å². The van der Waals surface area contributed by atoms with E-state index in [9.17, 15) is 9.59 Å². The Morgan fingerprint density at radius 1 is 1.27 bits per heavy atom. The first-order chi connectivity index (χ1) is 10.6. The van der Waals surface area contributed by atoms with Gasteiger partial charge in [0.15, 0.2) is 0 Å². The number of amides is 2. The number of carbonyl (C=O) groups is 2. The van der Waals surface area contributed by atoms with Gasteiger partial charge in [0.25, 0.3) is 0 Å². The van der Waals surface area contributed by atoms with Gasteiger partial charge in [0, 0.05) is 12.5 Å². The summed E-state index contributed by atoms with van der Waals surface area (Å²) in [7, 11) is 0. The van der Waals surface area contributed by atoms with Gasteiger partial charge in [-0.2, -0.15) is 0 Å². The molecule has 1 aromatic carbocycles. The van der Waals surface area contributed by atoms with Gasteiger partial charge in [0.1, 0.15) is 6.04 Å². The summed E-state index contributed by atoms with van der Waals surface area (Å²) in [5, 5.41) is 0. The van der Waals surface area contributed by atoms with E-state index in [1.807, 2.05) is 12.1 Å². The minimum absolute atomic E-state index is 0.0219. The van der Waals surface area contributed by atoms with Crippen molar-refractivity contribution in [3.05, 3.63) is 47.5 Å². The molecule has 2 N–H and O–H groups in total. The molecular formula is C18H19N2O2. The van der Waals surface area contributed by atoms with Crippen LogP contribution in [0.3, 0.4) is 0 Å². The maximum atomic E-state index is 13.0. The third-order valence-electron chi connectivity index (χ3n) is 5.36. The van der Waals surface area contributed by atoms with Gasteiger partial charge >= 0.3 is 0 Å². The highest BCUT2D eigenvalue weighted by molar-refractivity contribution is 5.89. The van der Waals surface area contributed by atoms with E-state index in [4.69, 9.17) is 5.73 Å². The molecule has 22 heavy (non-hydrogen) atoms. The molecule has 0 saturated heterocycles. The van der Waals surface area contributed by atoms with Crippen LogP contribution in [0.5, 0.6) is 0 Å². The number of hydrogen-bond donors (Lipinski definition) is 1. The van der Waals surface area contributed by atoms with E-state index in [0.717, 1.165) is 30.4 Å². The lowest BCUT2D eigenvalue weighted by Crippen LogP contribution is -2.48. The number of allylic oxidation sites excluding steroid dienone is 2. The summed E-state index contributed by atoms with van der Waals surface area (Å²) < 4.78 is 0. The van der Waals surface area contributed by atoms with Gasteiger partial charge in [-0.05, 0) is 48.3 Å². The highest BCUT2D eigenvalue weighted by atomic mass is 16.2. The molecule has 3 aliphatic rings. The minimum Gasteiger partial charge on any atom is -0.368 e. The second kappa shape index (κ2) is 4.97. The standard InChI is InChI=1S/C18H19N2O2/c19-17(21)16-14-4-2-1-3-12(14)7-8-20(16)18(22)15-10-11-5-6-13(15)9-11/h2-6,11,13,15-16H,7-10H2,(H2,19,21). The number of nitrogens with two attached hydrogens (primary N) is 1. The number of rotatable bonds is 2. The SMILES string of the molecule is NC(=O)C1c2cc[c]cc2CCN1C(=O)C1CC2C=CC1C2. The molecule has 4 atom stereocenters. The topological polar surface area (TPSA) is 63.4 Å². The molecule has 1 radical (unpaired) electrons. The zero-order chi connectivity index (χ0) is 15.3. The lowest BCUT2D eigenvalue weighted by molar-refractivity contribution is -0.144. The Balaban J connectivity index is 1.65. The molecule has 2 aliphatic carbocycles. The number of hydrogen-bond acceptors (Lipinski definition) is 2. The normalized spacial score (nSPS) is 32.1. The van der Waals surface area contributed by atoms with Gasteiger partial charge in [-0.1, -0.05) is 30.4 Å². The van der Waals surface area contributed by atoms with Crippen LogP contribution < -0.4 is 5.73 Å². The van der Waals surface area contributed by atoms with E-state index >= 15 is 0 Å². The fourth-order valence-electron chi connectivity index (χ4n) is 4.32. The van der Waals surface area contributed by atoms with Gasteiger partial charge in [0.2, 0.25) is 11.8 Å². The summed E-state index contributed by atoms with van der Waals surface area (Å²) >= 11 is 0. The van der Waals surface area contributed by atoms with Crippen molar-refractivity contribution in [1.82, 2.24) is 4.90 Å². The van der Waals surface area contributed by atoms with Crippen LogP contribution in [0.1, 0.15) is 30.0 Å². The Bertz CT molecular complexity index is 667. The van der Waals surface area contributed by atoms with E-state index in [1.54, 1.807) is 11.0 Å². The number of fused-ring (bicyclic) bond motifs is 3. The molecule has 2 bridgehead atoms. The summed E-state index contributed by atoms with van der Waals surface area (Å²) in [6, 6.07) is 7.95. The Labute approximate surface area is 130 Å². The summed E-state index contributed by atoms with van der Waals surface area (Å²) in [6.07, 6.45) is 7.15. The van der Waals surface area contributed by atoms with E-state index < -0.39 is 11.9 Å². The molecule has 4 unspecified atom stereocenters. The molecule has 113 valence electrons. The average Bonchev–Trinajstić information content (AvgIpc) is 3.15. The Kier molecular flexibility index (Phi) is 3.06. The molecular weight excluding hydrogens is 276 g/mol. The van der Waals surface area contributed by atoms with Crippen molar-refractivity contribution in [1.29, 1.82) is 0 Å². The molecule has 0 spiro atoms. The lowest BCUT2D eigenvalue weighted by Gasteiger charge is -2.37. The largest absolute Gasteiger partial charge is 0.368 e. The predicted molar refractivity (Wildman–Crippen MR) is 81.5 cm³/mol. The maximum absolute atomic E-state index is 13.0. The van der Waals surface area contributed by atoms with Crippen molar-refractivity contribution < 1.29 is 9.59 Å². The molecule has 1 fully saturated rings. The first-order valence-corrected chi connectivity index (χ1v) is 7.92. The third-order valence-corrected chi connectivity index (χ3v) is 5.36. The number of benzene rings is 1. The quantitative estimate of drug-likeness (QED) is 0.843. The number of carbonyl (C=O) groups excluding carboxylic acids is 2. The maximum Gasteiger partial charge on any atom is 0.244 e. The molecule has 4 rings (SSSR count). The molecule has 1 heterocycles. The van der Waals surface area contributed by atoms with Crippen LogP contribution in [0.15, 0.2) is 30.4 Å². The third kappa shape index (κ3) is 1.97. The molecule has 0 aromatic heterocycles. The Morgan fingerprint density at radius 3 is 2.82 bits per heavy atom. The second-order valence-corrected chi connectivity index (χ2v) is 6.60. The van der Waals surface area contributed by atoms with Gasteiger partial charge in [-0.25, -0.2) is 0 Å². The molecule has 1 aliphatic heterocycles. The van der Waals surface area contributed by atoms with Crippen LogP contribution >= 0.6 is 0 Å². The monoisotopic (exact) mass is 295 g/mol. The van der Waals surface area contributed by atoms with Crippen LogP contribution in [0.2, 0.25) is 0 Å². The van der Waals surface area contributed by atoms with Gasteiger partial charge in [-0.3, -0.25) is 9.59 Å². The molecule has 2 amide bonds. The fourth-order valence-corrected chi connectivity index (χ4v) is 4.32.